The van der Waals surface area contributed by atoms with E-state index in [4.69, 9.17) is 4.74 Å². The highest BCUT2D eigenvalue weighted by Gasteiger charge is 2.30. The first-order valence-electron chi connectivity index (χ1n) is 6.55. The molecule has 0 bridgehead atoms. The van der Waals surface area contributed by atoms with E-state index in [2.05, 4.69) is 30.2 Å². The summed E-state index contributed by atoms with van der Waals surface area (Å²) >= 11 is 0. The molecule has 1 aromatic rings. The van der Waals surface area contributed by atoms with E-state index >= 15 is 0 Å². The van der Waals surface area contributed by atoms with Gasteiger partial charge in [-0.2, -0.15) is 0 Å². The van der Waals surface area contributed by atoms with Crippen molar-refractivity contribution in [1.82, 2.24) is 10.3 Å². The molecule has 0 spiro atoms. The average molecular weight is 234 g/mol. The number of pyridine rings is 1. The number of aromatic nitrogens is 1. The fraction of sp³-hybridized carbons (Fsp3) is 0.643. The topological polar surface area (TPSA) is 34.1 Å². The van der Waals surface area contributed by atoms with Crippen molar-refractivity contribution in [2.45, 2.75) is 32.8 Å². The van der Waals surface area contributed by atoms with Crippen molar-refractivity contribution in [2.24, 2.45) is 5.92 Å². The minimum atomic E-state index is 0.230. The summed E-state index contributed by atoms with van der Waals surface area (Å²) in [7, 11) is 0. The highest BCUT2D eigenvalue weighted by atomic mass is 16.5. The Labute approximate surface area is 104 Å². The Morgan fingerprint density at radius 3 is 3.18 bits per heavy atom. The van der Waals surface area contributed by atoms with Gasteiger partial charge < -0.3 is 10.1 Å². The van der Waals surface area contributed by atoms with E-state index in [0.29, 0.717) is 5.92 Å². The monoisotopic (exact) mass is 234 g/mol. The summed E-state index contributed by atoms with van der Waals surface area (Å²) in [5, 5.41) is 3.50. The maximum Gasteiger partial charge on any atom is 0.0883 e. The van der Waals surface area contributed by atoms with Crippen LogP contribution in [0.25, 0.3) is 0 Å². The first-order chi connectivity index (χ1) is 8.33. The molecule has 2 atom stereocenters. The zero-order chi connectivity index (χ0) is 12.1. The lowest BCUT2D eigenvalue weighted by Gasteiger charge is -2.20. The second-order valence-corrected chi connectivity index (χ2v) is 4.78. The summed E-state index contributed by atoms with van der Waals surface area (Å²) in [6.45, 7) is 7.34. The Bertz CT molecular complexity index is 354. The molecular weight excluding hydrogens is 212 g/mol. The summed E-state index contributed by atoms with van der Waals surface area (Å²) in [6, 6.07) is 2.06. The van der Waals surface area contributed by atoms with E-state index in [0.717, 1.165) is 26.1 Å². The SMILES string of the molecule is CCCNCC1CCOC1c1cnccc1C. The quantitative estimate of drug-likeness (QED) is 0.795. The third-order valence-corrected chi connectivity index (χ3v) is 3.43. The van der Waals surface area contributed by atoms with Crippen LogP contribution in [0, 0.1) is 12.8 Å². The molecule has 3 heteroatoms. The van der Waals surface area contributed by atoms with Crippen molar-refractivity contribution in [3.8, 4) is 0 Å². The Kier molecular flexibility index (Phi) is 4.51. The molecule has 1 N–H and O–H groups in total. The van der Waals surface area contributed by atoms with Crippen LogP contribution >= 0.6 is 0 Å². The van der Waals surface area contributed by atoms with Crippen LogP contribution in [0.15, 0.2) is 18.5 Å². The van der Waals surface area contributed by atoms with Crippen molar-refractivity contribution >= 4 is 0 Å². The lowest BCUT2D eigenvalue weighted by Crippen LogP contribution is -2.25. The van der Waals surface area contributed by atoms with Gasteiger partial charge >= 0.3 is 0 Å². The molecule has 0 saturated carbocycles. The Morgan fingerprint density at radius 2 is 2.41 bits per heavy atom. The zero-order valence-corrected chi connectivity index (χ0v) is 10.8. The number of rotatable bonds is 5. The first kappa shape index (κ1) is 12.5. The number of hydrogen-bond acceptors (Lipinski definition) is 3. The van der Waals surface area contributed by atoms with Gasteiger partial charge in [0.2, 0.25) is 0 Å². The average Bonchev–Trinajstić information content (AvgIpc) is 2.78. The molecule has 0 radical (unpaired) electrons. The summed E-state index contributed by atoms with van der Waals surface area (Å²) in [5.41, 5.74) is 2.54. The maximum atomic E-state index is 5.88. The van der Waals surface area contributed by atoms with E-state index < -0.39 is 0 Å². The van der Waals surface area contributed by atoms with Crippen molar-refractivity contribution in [1.29, 1.82) is 0 Å². The summed E-state index contributed by atoms with van der Waals surface area (Å²) in [6.07, 6.45) is 6.36. The molecule has 1 saturated heterocycles. The van der Waals surface area contributed by atoms with Crippen LogP contribution in [0.4, 0.5) is 0 Å². The van der Waals surface area contributed by atoms with Gasteiger partial charge in [-0.15, -0.1) is 0 Å². The first-order valence-corrected chi connectivity index (χ1v) is 6.55. The molecule has 3 nitrogen and oxygen atoms in total. The standard InChI is InChI=1S/C14H22N2O/c1-3-6-15-9-12-5-8-17-14(12)13-10-16-7-4-11(13)2/h4,7,10,12,14-15H,3,5-6,8-9H2,1-2H3. The predicted octanol–water partition coefficient (Wildman–Crippen LogP) is 2.47. The van der Waals surface area contributed by atoms with E-state index in [1.54, 1.807) is 0 Å². The molecular formula is C14H22N2O. The fourth-order valence-electron chi connectivity index (χ4n) is 2.42. The maximum absolute atomic E-state index is 5.88. The van der Waals surface area contributed by atoms with Crippen LogP contribution in [0.5, 0.6) is 0 Å². The molecule has 2 unspecified atom stereocenters. The minimum Gasteiger partial charge on any atom is -0.373 e. The molecule has 2 rings (SSSR count). The normalized spacial score (nSPS) is 24.1. The number of ether oxygens (including phenoxy) is 1. The molecule has 94 valence electrons. The van der Waals surface area contributed by atoms with E-state index in [9.17, 15) is 0 Å². The van der Waals surface area contributed by atoms with Gasteiger partial charge in [0.15, 0.2) is 0 Å². The number of nitrogens with zero attached hydrogens (tertiary/aromatic N) is 1. The van der Waals surface area contributed by atoms with Crippen molar-refractivity contribution in [3.63, 3.8) is 0 Å². The highest BCUT2D eigenvalue weighted by molar-refractivity contribution is 5.25. The predicted molar refractivity (Wildman–Crippen MR) is 68.9 cm³/mol. The molecule has 0 amide bonds. The fourth-order valence-corrected chi connectivity index (χ4v) is 2.42. The lowest BCUT2D eigenvalue weighted by atomic mass is 9.94. The van der Waals surface area contributed by atoms with Crippen LogP contribution in [0.1, 0.15) is 37.0 Å². The van der Waals surface area contributed by atoms with Gasteiger partial charge in [-0.05, 0) is 37.9 Å². The number of nitrogens with one attached hydrogen (secondary N) is 1. The minimum absolute atomic E-state index is 0.230. The number of hydrogen-bond donors (Lipinski definition) is 1. The van der Waals surface area contributed by atoms with Gasteiger partial charge in [0, 0.05) is 37.0 Å². The van der Waals surface area contributed by atoms with Gasteiger partial charge in [0.05, 0.1) is 6.10 Å². The van der Waals surface area contributed by atoms with Gasteiger partial charge in [-0.25, -0.2) is 0 Å². The van der Waals surface area contributed by atoms with Crippen molar-refractivity contribution in [2.75, 3.05) is 19.7 Å². The number of aryl methyl sites for hydroxylation is 1. The Hall–Kier alpha value is -0.930. The second-order valence-electron chi connectivity index (χ2n) is 4.78. The van der Waals surface area contributed by atoms with Crippen LogP contribution in [0.2, 0.25) is 0 Å². The Balaban J connectivity index is 2.02. The van der Waals surface area contributed by atoms with Crippen LogP contribution in [-0.2, 0) is 4.74 Å². The molecule has 0 aromatic carbocycles. The smallest absolute Gasteiger partial charge is 0.0883 e. The van der Waals surface area contributed by atoms with E-state index in [1.807, 2.05) is 12.4 Å². The van der Waals surface area contributed by atoms with Crippen LogP contribution in [-0.4, -0.2) is 24.7 Å². The van der Waals surface area contributed by atoms with Gasteiger partial charge in [-0.1, -0.05) is 6.92 Å². The molecule has 0 aliphatic carbocycles. The highest BCUT2D eigenvalue weighted by Crippen LogP contribution is 2.35. The third kappa shape index (κ3) is 3.05. The molecule has 1 fully saturated rings. The van der Waals surface area contributed by atoms with Gasteiger partial charge in [0.25, 0.3) is 0 Å². The van der Waals surface area contributed by atoms with Crippen LogP contribution in [0.3, 0.4) is 0 Å². The van der Waals surface area contributed by atoms with Crippen molar-refractivity contribution in [3.05, 3.63) is 29.6 Å². The summed E-state index contributed by atoms with van der Waals surface area (Å²) < 4.78 is 5.88. The molecule has 1 aromatic heterocycles. The van der Waals surface area contributed by atoms with Crippen LogP contribution < -0.4 is 5.32 Å². The second kappa shape index (κ2) is 6.12. The van der Waals surface area contributed by atoms with Gasteiger partial charge in [0.1, 0.15) is 0 Å². The van der Waals surface area contributed by atoms with Gasteiger partial charge in [-0.3, -0.25) is 4.98 Å². The van der Waals surface area contributed by atoms with E-state index in [1.165, 1.54) is 17.5 Å². The molecule has 17 heavy (non-hydrogen) atoms. The zero-order valence-electron chi connectivity index (χ0n) is 10.8. The molecule has 1 aliphatic rings. The largest absolute Gasteiger partial charge is 0.373 e. The summed E-state index contributed by atoms with van der Waals surface area (Å²) in [5.74, 6) is 0.587. The third-order valence-electron chi connectivity index (χ3n) is 3.43. The van der Waals surface area contributed by atoms with E-state index in [-0.39, 0.29) is 6.10 Å². The molecule has 1 aliphatic heterocycles. The summed E-state index contributed by atoms with van der Waals surface area (Å²) in [4.78, 5) is 4.22. The lowest BCUT2D eigenvalue weighted by molar-refractivity contribution is 0.0898. The Morgan fingerprint density at radius 1 is 1.53 bits per heavy atom. The molecule has 2 heterocycles. The van der Waals surface area contributed by atoms with Crippen molar-refractivity contribution < 1.29 is 4.74 Å².